The molecule has 44 valence electrons. The van der Waals surface area contributed by atoms with Crippen molar-refractivity contribution in [2.45, 2.75) is 12.8 Å². The third-order valence-corrected chi connectivity index (χ3v) is 2.64. The van der Waals surface area contributed by atoms with Crippen LogP contribution in [0.1, 0.15) is 12.8 Å². The fraction of sp³-hybridized carbons (Fsp3) is 0.833. The van der Waals surface area contributed by atoms with Crippen molar-refractivity contribution in [1.82, 2.24) is 0 Å². The molecule has 0 amide bonds. The van der Waals surface area contributed by atoms with E-state index in [1.54, 1.807) is 0 Å². The van der Waals surface area contributed by atoms with Crippen molar-refractivity contribution >= 4 is 11.8 Å². The molecule has 1 atom stereocenters. The molecule has 1 nitrogen and oxygen atoms in total. The highest BCUT2D eigenvalue weighted by atomic mass is 32.2. The first-order chi connectivity index (χ1) is 3.93. The molecule has 0 radical (unpaired) electrons. The summed E-state index contributed by atoms with van der Waals surface area (Å²) in [5.74, 6) is 3.20. The highest BCUT2D eigenvalue weighted by Crippen LogP contribution is 2.25. The van der Waals surface area contributed by atoms with Crippen LogP contribution in [0.5, 0.6) is 0 Å². The Kier molecular flexibility index (Phi) is 2.23. The van der Waals surface area contributed by atoms with Gasteiger partial charge in [-0.25, -0.2) is 0 Å². The Morgan fingerprint density at radius 1 is 1.75 bits per heavy atom. The number of nitriles is 1. The fourth-order valence-electron chi connectivity index (χ4n) is 0.873. The van der Waals surface area contributed by atoms with Crippen LogP contribution in [0, 0.1) is 17.2 Å². The van der Waals surface area contributed by atoms with Gasteiger partial charge >= 0.3 is 0 Å². The molecule has 0 unspecified atom stereocenters. The molecule has 0 N–H and O–H groups in total. The zero-order chi connectivity index (χ0) is 5.82. The van der Waals surface area contributed by atoms with Crippen molar-refractivity contribution in [3.8, 4) is 6.07 Å². The number of hydrogen-bond donors (Lipinski definition) is 0. The van der Waals surface area contributed by atoms with E-state index in [-0.39, 0.29) is 0 Å². The highest BCUT2D eigenvalue weighted by Gasteiger charge is 2.13. The van der Waals surface area contributed by atoms with Gasteiger partial charge in [0.15, 0.2) is 0 Å². The van der Waals surface area contributed by atoms with Crippen LogP contribution >= 0.6 is 11.8 Å². The number of thioether (sulfide) groups is 1. The Morgan fingerprint density at radius 3 is 3.12 bits per heavy atom. The van der Waals surface area contributed by atoms with E-state index in [2.05, 4.69) is 6.07 Å². The maximum Gasteiger partial charge on any atom is 0.0624 e. The summed E-state index contributed by atoms with van der Waals surface area (Å²) in [6.07, 6.45) is 2.03. The first-order valence-electron chi connectivity index (χ1n) is 2.88. The summed E-state index contributed by atoms with van der Waals surface area (Å²) in [5, 5.41) is 8.27. The van der Waals surface area contributed by atoms with Crippen molar-refractivity contribution in [2.75, 3.05) is 11.5 Å². The van der Waals surface area contributed by atoms with Crippen LogP contribution in [0.2, 0.25) is 0 Å². The van der Waals surface area contributed by atoms with E-state index in [0.29, 0.717) is 5.92 Å². The van der Waals surface area contributed by atoms with Gasteiger partial charge in [0.1, 0.15) is 0 Å². The molecule has 2 heteroatoms. The van der Waals surface area contributed by atoms with E-state index >= 15 is 0 Å². The van der Waals surface area contributed by atoms with Gasteiger partial charge in [-0.05, 0) is 23.8 Å². The zero-order valence-corrected chi connectivity index (χ0v) is 5.58. The molecule has 0 bridgehead atoms. The fourth-order valence-corrected chi connectivity index (χ4v) is 2.16. The van der Waals surface area contributed by atoms with Gasteiger partial charge in [-0.3, -0.25) is 0 Å². The van der Waals surface area contributed by atoms with Gasteiger partial charge < -0.3 is 0 Å². The molecule has 1 aliphatic heterocycles. The lowest BCUT2D eigenvalue weighted by atomic mass is 10.1. The van der Waals surface area contributed by atoms with E-state index in [0.717, 1.165) is 6.42 Å². The Bertz CT molecular complexity index is 99.6. The molecule has 1 aliphatic rings. The van der Waals surface area contributed by atoms with E-state index < -0.39 is 0 Å². The van der Waals surface area contributed by atoms with E-state index in [4.69, 9.17) is 5.26 Å². The van der Waals surface area contributed by atoms with Crippen molar-refractivity contribution in [1.29, 1.82) is 5.26 Å². The number of hydrogen-bond acceptors (Lipinski definition) is 2. The lowest BCUT2D eigenvalue weighted by Crippen LogP contribution is -1.93. The second kappa shape index (κ2) is 2.99. The molecular formula is C6H9NS. The summed E-state index contributed by atoms with van der Waals surface area (Å²) in [6, 6.07) is 2.20. The largest absolute Gasteiger partial charge is 0.198 e. The average Bonchev–Trinajstić information content (AvgIpc) is 2.19. The molecule has 0 spiro atoms. The normalized spacial score (nSPS) is 27.6. The Labute approximate surface area is 54.1 Å². The van der Waals surface area contributed by atoms with Crippen LogP contribution in [0.25, 0.3) is 0 Å². The Morgan fingerprint density at radius 2 is 2.62 bits per heavy atom. The summed E-state index contributed by atoms with van der Waals surface area (Å²) in [7, 11) is 0. The zero-order valence-electron chi connectivity index (χ0n) is 4.76. The Balaban J connectivity index is 2.17. The van der Waals surface area contributed by atoms with E-state index in [1.165, 1.54) is 17.9 Å². The topological polar surface area (TPSA) is 23.8 Å². The van der Waals surface area contributed by atoms with E-state index in [9.17, 15) is 0 Å². The number of nitrogens with zero attached hydrogens (tertiary/aromatic N) is 1. The lowest BCUT2D eigenvalue weighted by Gasteiger charge is -1.96. The van der Waals surface area contributed by atoms with Crippen molar-refractivity contribution in [3.63, 3.8) is 0 Å². The van der Waals surface area contributed by atoms with Crippen molar-refractivity contribution in [2.24, 2.45) is 5.92 Å². The smallest absolute Gasteiger partial charge is 0.0624 e. The van der Waals surface area contributed by atoms with Gasteiger partial charge in [-0.2, -0.15) is 17.0 Å². The van der Waals surface area contributed by atoms with Gasteiger partial charge in [-0.15, -0.1) is 0 Å². The van der Waals surface area contributed by atoms with Gasteiger partial charge in [-0.1, -0.05) is 0 Å². The molecule has 1 fully saturated rings. The standard InChI is InChI=1S/C6H9NS/c7-3-1-6-2-4-8-5-6/h6H,1-2,4-5H2/t6-/m0/s1. The van der Waals surface area contributed by atoms with Crippen LogP contribution in [0.3, 0.4) is 0 Å². The molecule has 1 heterocycles. The SMILES string of the molecule is N#CC[C@H]1CCSC1. The summed E-state index contributed by atoms with van der Waals surface area (Å²) < 4.78 is 0. The summed E-state index contributed by atoms with van der Waals surface area (Å²) in [5.41, 5.74) is 0. The third-order valence-electron chi connectivity index (χ3n) is 1.40. The summed E-state index contributed by atoms with van der Waals surface area (Å²) in [6.45, 7) is 0. The maximum atomic E-state index is 8.27. The van der Waals surface area contributed by atoms with Crippen LogP contribution in [0.4, 0.5) is 0 Å². The first-order valence-corrected chi connectivity index (χ1v) is 4.03. The summed E-state index contributed by atoms with van der Waals surface area (Å²) >= 11 is 1.97. The number of rotatable bonds is 1. The van der Waals surface area contributed by atoms with Crippen molar-refractivity contribution in [3.05, 3.63) is 0 Å². The maximum absolute atomic E-state index is 8.27. The second-order valence-electron chi connectivity index (χ2n) is 2.09. The molecule has 1 rings (SSSR count). The highest BCUT2D eigenvalue weighted by molar-refractivity contribution is 7.99. The third kappa shape index (κ3) is 1.41. The molecule has 0 aromatic rings. The summed E-state index contributed by atoms with van der Waals surface area (Å²) in [4.78, 5) is 0. The van der Waals surface area contributed by atoms with Crippen LogP contribution in [0.15, 0.2) is 0 Å². The monoisotopic (exact) mass is 127 g/mol. The lowest BCUT2D eigenvalue weighted by molar-refractivity contribution is 0.615. The van der Waals surface area contributed by atoms with E-state index in [1.807, 2.05) is 11.8 Å². The Hall–Kier alpha value is -0.160. The average molecular weight is 127 g/mol. The molecule has 0 saturated carbocycles. The van der Waals surface area contributed by atoms with Gasteiger partial charge in [0.05, 0.1) is 6.07 Å². The molecular weight excluding hydrogens is 118 g/mol. The van der Waals surface area contributed by atoms with Gasteiger partial charge in [0, 0.05) is 6.42 Å². The second-order valence-corrected chi connectivity index (χ2v) is 3.24. The molecule has 8 heavy (non-hydrogen) atoms. The molecule has 1 saturated heterocycles. The predicted molar refractivity (Wildman–Crippen MR) is 35.7 cm³/mol. The van der Waals surface area contributed by atoms with Crippen LogP contribution < -0.4 is 0 Å². The molecule has 0 aromatic heterocycles. The van der Waals surface area contributed by atoms with Crippen molar-refractivity contribution < 1.29 is 0 Å². The van der Waals surface area contributed by atoms with Gasteiger partial charge in [0.2, 0.25) is 0 Å². The molecule has 0 aliphatic carbocycles. The first kappa shape index (κ1) is 5.97. The minimum Gasteiger partial charge on any atom is -0.198 e. The van der Waals surface area contributed by atoms with Crippen LogP contribution in [-0.4, -0.2) is 11.5 Å². The minimum absolute atomic E-state index is 0.713. The van der Waals surface area contributed by atoms with Gasteiger partial charge in [0.25, 0.3) is 0 Å². The van der Waals surface area contributed by atoms with Crippen LogP contribution in [-0.2, 0) is 0 Å². The predicted octanol–water partition coefficient (Wildman–Crippen LogP) is 1.65. The molecule has 0 aromatic carbocycles. The quantitative estimate of drug-likeness (QED) is 0.534. The minimum atomic E-state index is 0.713.